The summed E-state index contributed by atoms with van der Waals surface area (Å²) in [5.41, 5.74) is 0.855. The van der Waals surface area contributed by atoms with Crippen LogP contribution in [0, 0.1) is 0 Å². The molecular formula is C8H11BrN2O. The van der Waals surface area contributed by atoms with Gasteiger partial charge in [0.25, 0.3) is 0 Å². The fraction of sp³-hybridized carbons (Fsp3) is 0.375. The van der Waals surface area contributed by atoms with E-state index >= 15 is 0 Å². The summed E-state index contributed by atoms with van der Waals surface area (Å²) in [5, 5.41) is 8.95. The molecule has 0 fully saturated rings. The van der Waals surface area contributed by atoms with Crippen molar-refractivity contribution in [2.45, 2.75) is 6.61 Å². The van der Waals surface area contributed by atoms with Crippen LogP contribution in [0.5, 0.6) is 0 Å². The molecule has 0 bridgehead atoms. The number of hydrogen-bond donors (Lipinski definition) is 1. The molecule has 0 unspecified atom stereocenters. The molecule has 0 atom stereocenters. The zero-order valence-corrected chi connectivity index (χ0v) is 8.67. The van der Waals surface area contributed by atoms with Gasteiger partial charge < -0.3 is 10.0 Å². The fourth-order valence-corrected chi connectivity index (χ4v) is 1.18. The van der Waals surface area contributed by atoms with Gasteiger partial charge in [0.2, 0.25) is 0 Å². The molecule has 1 aromatic heterocycles. The molecular weight excluding hydrogens is 220 g/mol. The van der Waals surface area contributed by atoms with E-state index in [1.807, 2.05) is 25.1 Å². The maximum Gasteiger partial charge on any atom is 0.128 e. The summed E-state index contributed by atoms with van der Waals surface area (Å²) in [6, 6.07) is 1.85. The summed E-state index contributed by atoms with van der Waals surface area (Å²) < 4.78 is 0.843. The van der Waals surface area contributed by atoms with E-state index in [0.29, 0.717) is 0 Å². The number of aromatic nitrogens is 1. The highest BCUT2D eigenvalue weighted by molar-refractivity contribution is 9.10. The van der Waals surface area contributed by atoms with Crippen LogP contribution in [-0.4, -0.2) is 24.2 Å². The molecule has 0 amide bonds. The van der Waals surface area contributed by atoms with Crippen molar-refractivity contribution in [1.29, 1.82) is 0 Å². The third-order valence-electron chi connectivity index (χ3n) is 1.55. The first-order valence-electron chi connectivity index (χ1n) is 3.57. The molecule has 1 heterocycles. The Bertz CT molecular complexity index is 276. The number of hydrogen-bond acceptors (Lipinski definition) is 3. The molecule has 0 aromatic carbocycles. The number of aliphatic hydroxyl groups excluding tert-OH is 1. The number of nitrogens with zero attached hydrogens (tertiary/aromatic N) is 2. The average molecular weight is 231 g/mol. The van der Waals surface area contributed by atoms with E-state index in [1.54, 1.807) is 6.20 Å². The summed E-state index contributed by atoms with van der Waals surface area (Å²) in [5.74, 6) is 0.849. The summed E-state index contributed by atoms with van der Waals surface area (Å²) >= 11 is 3.30. The summed E-state index contributed by atoms with van der Waals surface area (Å²) in [7, 11) is 3.83. The van der Waals surface area contributed by atoms with Crippen molar-refractivity contribution < 1.29 is 5.11 Å². The second kappa shape index (κ2) is 3.87. The Morgan fingerprint density at radius 1 is 1.58 bits per heavy atom. The summed E-state index contributed by atoms with van der Waals surface area (Å²) in [6.07, 6.45) is 1.70. The third-order valence-corrected chi connectivity index (χ3v) is 2.26. The van der Waals surface area contributed by atoms with Crippen molar-refractivity contribution in [3.8, 4) is 0 Å². The quantitative estimate of drug-likeness (QED) is 0.835. The smallest absolute Gasteiger partial charge is 0.128 e. The number of rotatable bonds is 2. The topological polar surface area (TPSA) is 36.4 Å². The lowest BCUT2D eigenvalue weighted by Crippen LogP contribution is -2.10. The molecule has 0 aliphatic carbocycles. The lowest BCUT2D eigenvalue weighted by atomic mass is 10.3. The predicted molar refractivity (Wildman–Crippen MR) is 52.2 cm³/mol. The Morgan fingerprint density at radius 3 is 2.75 bits per heavy atom. The standard InChI is InChI=1S/C8H11BrN2O/c1-11(2)8-3-6(5-12)7(9)4-10-8/h3-4,12H,5H2,1-2H3. The lowest BCUT2D eigenvalue weighted by molar-refractivity contribution is 0.281. The lowest BCUT2D eigenvalue weighted by Gasteiger charge is -2.12. The minimum Gasteiger partial charge on any atom is -0.392 e. The Morgan fingerprint density at radius 2 is 2.25 bits per heavy atom. The summed E-state index contributed by atoms with van der Waals surface area (Å²) in [6.45, 7) is 0.0317. The van der Waals surface area contributed by atoms with Crippen LogP contribution in [-0.2, 0) is 6.61 Å². The Kier molecular flexibility index (Phi) is 3.05. The van der Waals surface area contributed by atoms with E-state index in [-0.39, 0.29) is 6.61 Å². The molecule has 0 aliphatic heterocycles. The van der Waals surface area contributed by atoms with Crippen LogP contribution in [0.1, 0.15) is 5.56 Å². The van der Waals surface area contributed by atoms with Crippen LogP contribution >= 0.6 is 15.9 Å². The Balaban J connectivity index is 3.05. The molecule has 1 aromatic rings. The molecule has 66 valence electrons. The van der Waals surface area contributed by atoms with Gasteiger partial charge in [-0.05, 0) is 27.6 Å². The van der Waals surface area contributed by atoms with Gasteiger partial charge in [-0.1, -0.05) is 0 Å². The second-order valence-corrected chi connectivity index (χ2v) is 3.54. The molecule has 0 aliphatic rings. The number of pyridine rings is 1. The molecule has 0 saturated heterocycles. The molecule has 3 nitrogen and oxygen atoms in total. The first-order valence-corrected chi connectivity index (χ1v) is 4.37. The van der Waals surface area contributed by atoms with Gasteiger partial charge in [-0.15, -0.1) is 0 Å². The molecule has 1 rings (SSSR count). The van der Waals surface area contributed by atoms with Crippen molar-refractivity contribution in [3.05, 3.63) is 22.3 Å². The van der Waals surface area contributed by atoms with Crippen molar-refractivity contribution in [1.82, 2.24) is 4.98 Å². The highest BCUT2D eigenvalue weighted by atomic mass is 79.9. The first kappa shape index (κ1) is 9.48. The van der Waals surface area contributed by atoms with Crippen LogP contribution in [0.3, 0.4) is 0 Å². The fourth-order valence-electron chi connectivity index (χ4n) is 0.834. The van der Waals surface area contributed by atoms with Gasteiger partial charge in [-0.2, -0.15) is 0 Å². The second-order valence-electron chi connectivity index (χ2n) is 2.69. The molecule has 12 heavy (non-hydrogen) atoms. The van der Waals surface area contributed by atoms with Gasteiger partial charge in [-0.25, -0.2) is 4.98 Å². The van der Waals surface area contributed by atoms with Crippen molar-refractivity contribution in [2.75, 3.05) is 19.0 Å². The van der Waals surface area contributed by atoms with Crippen LogP contribution < -0.4 is 4.90 Å². The van der Waals surface area contributed by atoms with Crippen LogP contribution in [0.25, 0.3) is 0 Å². The molecule has 4 heteroatoms. The first-order chi connectivity index (χ1) is 5.65. The van der Waals surface area contributed by atoms with E-state index in [1.165, 1.54) is 0 Å². The Labute approximate surface area is 80.2 Å². The van der Waals surface area contributed by atoms with E-state index in [9.17, 15) is 0 Å². The van der Waals surface area contributed by atoms with E-state index in [2.05, 4.69) is 20.9 Å². The number of anilines is 1. The third kappa shape index (κ3) is 1.95. The van der Waals surface area contributed by atoms with Crippen molar-refractivity contribution >= 4 is 21.7 Å². The van der Waals surface area contributed by atoms with Gasteiger partial charge in [0, 0.05) is 24.8 Å². The van der Waals surface area contributed by atoms with E-state index in [0.717, 1.165) is 15.9 Å². The highest BCUT2D eigenvalue weighted by Gasteiger charge is 2.02. The number of halogens is 1. The zero-order valence-electron chi connectivity index (χ0n) is 7.08. The van der Waals surface area contributed by atoms with Gasteiger partial charge >= 0.3 is 0 Å². The minimum atomic E-state index is 0.0317. The monoisotopic (exact) mass is 230 g/mol. The summed E-state index contributed by atoms with van der Waals surface area (Å²) in [4.78, 5) is 6.05. The SMILES string of the molecule is CN(C)c1cc(CO)c(Br)cn1. The number of aliphatic hydroxyl groups is 1. The van der Waals surface area contributed by atoms with Crippen molar-refractivity contribution in [2.24, 2.45) is 0 Å². The van der Waals surface area contributed by atoms with Gasteiger partial charge in [0.1, 0.15) is 5.82 Å². The van der Waals surface area contributed by atoms with Crippen LogP contribution in [0.2, 0.25) is 0 Å². The van der Waals surface area contributed by atoms with Gasteiger partial charge in [0.05, 0.1) is 6.61 Å². The van der Waals surface area contributed by atoms with Crippen LogP contribution in [0.15, 0.2) is 16.7 Å². The van der Waals surface area contributed by atoms with Gasteiger partial charge in [0.15, 0.2) is 0 Å². The van der Waals surface area contributed by atoms with Crippen LogP contribution in [0.4, 0.5) is 5.82 Å². The van der Waals surface area contributed by atoms with Crippen molar-refractivity contribution in [3.63, 3.8) is 0 Å². The van der Waals surface area contributed by atoms with E-state index < -0.39 is 0 Å². The molecule has 0 saturated carbocycles. The predicted octanol–water partition coefficient (Wildman–Crippen LogP) is 1.40. The largest absolute Gasteiger partial charge is 0.392 e. The molecule has 1 N–H and O–H groups in total. The maximum absolute atomic E-state index is 8.95. The average Bonchev–Trinajstić information content (AvgIpc) is 2.05. The molecule has 0 radical (unpaired) electrons. The Hall–Kier alpha value is -0.610. The zero-order chi connectivity index (χ0) is 9.14. The van der Waals surface area contributed by atoms with E-state index in [4.69, 9.17) is 5.11 Å². The highest BCUT2D eigenvalue weighted by Crippen LogP contribution is 2.19. The normalized spacial score (nSPS) is 10.0. The minimum absolute atomic E-state index is 0.0317. The molecule has 0 spiro atoms. The maximum atomic E-state index is 8.95. The van der Waals surface area contributed by atoms with Gasteiger partial charge in [-0.3, -0.25) is 0 Å².